The fourth-order valence-corrected chi connectivity index (χ4v) is 2.96. The molecule has 0 atom stereocenters. The van der Waals surface area contributed by atoms with Gasteiger partial charge in [0.2, 0.25) is 5.91 Å². The Morgan fingerprint density at radius 2 is 1.96 bits per heavy atom. The van der Waals surface area contributed by atoms with Crippen LogP contribution < -0.4 is 0 Å². The molecule has 0 saturated heterocycles. The number of methoxy groups -OCH3 is 1. The van der Waals surface area contributed by atoms with Gasteiger partial charge in [-0.1, -0.05) is 17.7 Å². The third kappa shape index (κ3) is 6.11. The maximum Gasteiger partial charge on any atom is 0.254 e. The third-order valence-corrected chi connectivity index (χ3v) is 4.56. The van der Waals surface area contributed by atoms with Crippen LogP contribution in [-0.4, -0.2) is 54.5 Å². The number of hydrogen-bond acceptors (Lipinski definition) is 4. The Balaban J connectivity index is 2.15. The van der Waals surface area contributed by atoms with E-state index in [1.807, 2.05) is 32.9 Å². The van der Waals surface area contributed by atoms with Crippen LogP contribution in [0.15, 0.2) is 40.8 Å². The highest BCUT2D eigenvalue weighted by molar-refractivity contribution is 6.31. The molecule has 0 bridgehead atoms. The van der Waals surface area contributed by atoms with Crippen molar-refractivity contribution in [2.75, 3.05) is 26.8 Å². The van der Waals surface area contributed by atoms with Gasteiger partial charge in [-0.2, -0.15) is 0 Å². The van der Waals surface area contributed by atoms with E-state index >= 15 is 0 Å². The number of hydrogen-bond donors (Lipinski definition) is 0. The summed E-state index contributed by atoms with van der Waals surface area (Å²) in [6.45, 7) is 6.71. The van der Waals surface area contributed by atoms with E-state index in [1.54, 1.807) is 41.2 Å². The minimum atomic E-state index is -0.230. The molecule has 0 fully saturated rings. The molecule has 152 valence electrons. The molecule has 1 heterocycles. The number of aryl methyl sites for hydroxylation is 1. The van der Waals surface area contributed by atoms with Crippen LogP contribution in [0.4, 0.5) is 0 Å². The average molecular weight is 407 g/mol. The van der Waals surface area contributed by atoms with Gasteiger partial charge in [0.15, 0.2) is 0 Å². The molecule has 0 aliphatic rings. The van der Waals surface area contributed by atoms with Crippen molar-refractivity contribution >= 4 is 23.4 Å². The van der Waals surface area contributed by atoms with Gasteiger partial charge in [-0.25, -0.2) is 0 Å². The van der Waals surface area contributed by atoms with Crippen molar-refractivity contribution in [3.8, 4) is 0 Å². The molecule has 7 heteroatoms. The van der Waals surface area contributed by atoms with Crippen LogP contribution in [0.25, 0.3) is 0 Å². The molecule has 28 heavy (non-hydrogen) atoms. The second-order valence-electron chi connectivity index (χ2n) is 6.86. The summed E-state index contributed by atoms with van der Waals surface area (Å²) < 4.78 is 10.7. The van der Waals surface area contributed by atoms with Crippen LogP contribution in [0.1, 0.15) is 35.7 Å². The summed E-state index contributed by atoms with van der Waals surface area (Å²) in [5.41, 5.74) is 0.458. The minimum Gasteiger partial charge on any atom is -0.464 e. The summed E-state index contributed by atoms with van der Waals surface area (Å²) in [7, 11) is 1.59. The average Bonchev–Trinajstić information content (AvgIpc) is 3.07. The number of nitrogens with zero attached hydrogens (tertiary/aromatic N) is 2. The Hall–Kier alpha value is -2.31. The van der Waals surface area contributed by atoms with Gasteiger partial charge in [0.05, 0.1) is 13.2 Å². The standard InChI is InChI=1S/C21H27ClN2O4/c1-15(2)24(21(26)17-6-5-7-18(22)12-17)14-20(25)23(10-11-27-4)13-19-9-8-16(3)28-19/h5-9,12,15H,10-11,13-14H2,1-4H3. The Morgan fingerprint density at radius 3 is 2.54 bits per heavy atom. The van der Waals surface area contributed by atoms with Gasteiger partial charge in [0, 0.05) is 30.3 Å². The topological polar surface area (TPSA) is 63.0 Å². The first-order valence-electron chi connectivity index (χ1n) is 9.20. The van der Waals surface area contributed by atoms with Gasteiger partial charge in [-0.3, -0.25) is 9.59 Å². The molecule has 2 rings (SSSR count). The van der Waals surface area contributed by atoms with E-state index in [-0.39, 0.29) is 24.4 Å². The SMILES string of the molecule is COCCN(Cc1ccc(C)o1)C(=O)CN(C(=O)c1cccc(Cl)c1)C(C)C. The number of halogens is 1. The summed E-state index contributed by atoms with van der Waals surface area (Å²) in [5.74, 6) is 1.08. The first-order chi connectivity index (χ1) is 13.3. The molecule has 0 spiro atoms. The Bertz CT molecular complexity index is 803. The van der Waals surface area contributed by atoms with Gasteiger partial charge in [0.1, 0.15) is 18.1 Å². The Morgan fingerprint density at radius 1 is 1.21 bits per heavy atom. The molecule has 0 saturated carbocycles. The van der Waals surface area contributed by atoms with E-state index < -0.39 is 0 Å². The fourth-order valence-electron chi connectivity index (χ4n) is 2.77. The van der Waals surface area contributed by atoms with E-state index in [2.05, 4.69) is 0 Å². The molecular weight excluding hydrogens is 380 g/mol. The highest BCUT2D eigenvalue weighted by Crippen LogP contribution is 2.15. The molecule has 6 nitrogen and oxygen atoms in total. The Labute approximate surface area is 171 Å². The molecule has 2 amide bonds. The van der Waals surface area contributed by atoms with E-state index in [1.165, 1.54) is 0 Å². The quantitative estimate of drug-likeness (QED) is 0.636. The lowest BCUT2D eigenvalue weighted by Gasteiger charge is -2.30. The van der Waals surface area contributed by atoms with Gasteiger partial charge >= 0.3 is 0 Å². The zero-order chi connectivity index (χ0) is 20.7. The lowest BCUT2D eigenvalue weighted by atomic mass is 10.1. The Kier molecular flexibility index (Phi) is 8.08. The van der Waals surface area contributed by atoms with Gasteiger partial charge in [-0.05, 0) is 51.1 Å². The molecule has 0 unspecified atom stereocenters. The molecule has 0 radical (unpaired) electrons. The van der Waals surface area contributed by atoms with Crippen molar-refractivity contribution in [1.82, 2.24) is 9.80 Å². The molecule has 1 aromatic heterocycles. The molecule has 0 aliphatic heterocycles. The number of rotatable bonds is 9. The second kappa shape index (κ2) is 10.3. The van der Waals surface area contributed by atoms with Gasteiger partial charge < -0.3 is 19.0 Å². The first kappa shape index (κ1) is 22.0. The molecule has 2 aromatic rings. The van der Waals surface area contributed by atoms with Crippen molar-refractivity contribution in [2.45, 2.75) is 33.4 Å². The molecule has 0 aliphatic carbocycles. The van der Waals surface area contributed by atoms with Crippen LogP contribution in [0.3, 0.4) is 0 Å². The highest BCUT2D eigenvalue weighted by Gasteiger charge is 2.25. The largest absolute Gasteiger partial charge is 0.464 e. The van der Waals surface area contributed by atoms with E-state index in [0.29, 0.717) is 36.0 Å². The molecule has 0 N–H and O–H groups in total. The molecular formula is C21H27ClN2O4. The van der Waals surface area contributed by atoms with Crippen LogP contribution >= 0.6 is 11.6 Å². The second-order valence-corrected chi connectivity index (χ2v) is 7.29. The van der Waals surface area contributed by atoms with E-state index in [9.17, 15) is 9.59 Å². The van der Waals surface area contributed by atoms with Gasteiger partial charge in [0.25, 0.3) is 5.91 Å². The van der Waals surface area contributed by atoms with Crippen molar-refractivity contribution < 1.29 is 18.7 Å². The number of ether oxygens (including phenoxy) is 1. The zero-order valence-corrected chi connectivity index (χ0v) is 17.5. The number of amides is 2. The smallest absolute Gasteiger partial charge is 0.254 e. The van der Waals surface area contributed by atoms with Crippen molar-refractivity contribution in [1.29, 1.82) is 0 Å². The van der Waals surface area contributed by atoms with Crippen molar-refractivity contribution in [3.05, 3.63) is 58.5 Å². The first-order valence-corrected chi connectivity index (χ1v) is 9.58. The normalized spacial score (nSPS) is 10.9. The predicted octanol–water partition coefficient (Wildman–Crippen LogP) is 3.77. The van der Waals surface area contributed by atoms with Crippen molar-refractivity contribution in [3.63, 3.8) is 0 Å². The number of furan rings is 1. The summed E-state index contributed by atoms with van der Waals surface area (Å²) in [6, 6.07) is 10.3. The summed E-state index contributed by atoms with van der Waals surface area (Å²) in [6.07, 6.45) is 0. The fraction of sp³-hybridized carbons (Fsp3) is 0.429. The van der Waals surface area contributed by atoms with Crippen molar-refractivity contribution in [2.24, 2.45) is 0 Å². The van der Waals surface area contributed by atoms with Crippen LogP contribution in [0.5, 0.6) is 0 Å². The predicted molar refractivity (Wildman–Crippen MR) is 108 cm³/mol. The summed E-state index contributed by atoms with van der Waals surface area (Å²) in [5, 5.41) is 0.482. The van der Waals surface area contributed by atoms with Crippen LogP contribution in [0, 0.1) is 6.92 Å². The summed E-state index contributed by atoms with van der Waals surface area (Å²) in [4.78, 5) is 29.1. The molecule has 1 aromatic carbocycles. The lowest BCUT2D eigenvalue weighted by Crippen LogP contribution is -2.46. The van der Waals surface area contributed by atoms with Crippen LogP contribution in [0.2, 0.25) is 5.02 Å². The number of benzene rings is 1. The van der Waals surface area contributed by atoms with E-state index in [0.717, 1.165) is 5.76 Å². The lowest BCUT2D eigenvalue weighted by molar-refractivity contribution is -0.133. The maximum atomic E-state index is 13.0. The number of carbonyl (C=O) groups excluding carboxylic acids is 2. The van der Waals surface area contributed by atoms with Gasteiger partial charge in [-0.15, -0.1) is 0 Å². The maximum absolute atomic E-state index is 13.0. The van der Waals surface area contributed by atoms with Crippen LogP contribution in [-0.2, 0) is 16.1 Å². The number of carbonyl (C=O) groups is 2. The third-order valence-electron chi connectivity index (χ3n) is 4.32. The monoisotopic (exact) mass is 406 g/mol. The summed E-state index contributed by atoms with van der Waals surface area (Å²) >= 11 is 6.01. The zero-order valence-electron chi connectivity index (χ0n) is 16.8. The van der Waals surface area contributed by atoms with E-state index in [4.69, 9.17) is 20.8 Å². The minimum absolute atomic E-state index is 0.0353. The highest BCUT2D eigenvalue weighted by atomic mass is 35.5.